The predicted octanol–water partition coefficient (Wildman–Crippen LogP) is 2.80. The van der Waals surface area contributed by atoms with Crippen LogP contribution in [0.25, 0.3) is 17.4 Å². The molecule has 8 heteroatoms. The average molecular weight is 374 g/mol. The normalized spacial score (nSPS) is 16.0. The van der Waals surface area contributed by atoms with E-state index in [1.54, 1.807) is 30.3 Å². The maximum atomic E-state index is 12.3. The fourth-order valence-electron chi connectivity index (χ4n) is 2.31. The van der Waals surface area contributed by atoms with Crippen molar-refractivity contribution in [3.05, 3.63) is 52.6 Å². The molecule has 0 radical (unpaired) electrons. The van der Waals surface area contributed by atoms with E-state index >= 15 is 0 Å². The average Bonchev–Trinajstić information content (AvgIpc) is 3.16. The molecule has 0 saturated carbocycles. The van der Waals surface area contributed by atoms with Gasteiger partial charge >= 0.3 is 5.97 Å². The van der Waals surface area contributed by atoms with E-state index in [-0.39, 0.29) is 11.5 Å². The van der Waals surface area contributed by atoms with E-state index in [4.69, 9.17) is 27.5 Å². The van der Waals surface area contributed by atoms with E-state index in [0.717, 1.165) is 5.56 Å². The molecule has 1 aliphatic rings. The van der Waals surface area contributed by atoms with E-state index in [0.29, 0.717) is 33.8 Å². The number of thioether (sulfide) groups is 1. The standard InChI is InChI=1S/C17H14N2O4S2/c18-7-8-19-15(20)14(25-17(19)24)9-12-5-6-13(23-12)10-1-3-11(4-2-10)16(21)22/h1-6,9H,7-8,18H2,(H,21,22)/b14-9+. The summed E-state index contributed by atoms with van der Waals surface area (Å²) in [4.78, 5) is 25.1. The summed E-state index contributed by atoms with van der Waals surface area (Å²) in [5.74, 6) is -0.0541. The Morgan fingerprint density at radius 2 is 2.00 bits per heavy atom. The number of carbonyl (C=O) groups excluding carboxylic acids is 1. The fraction of sp³-hybridized carbons (Fsp3) is 0.118. The number of rotatable bonds is 5. The highest BCUT2D eigenvalue weighted by atomic mass is 32.2. The van der Waals surface area contributed by atoms with Crippen molar-refractivity contribution in [2.75, 3.05) is 13.1 Å². The molecule has 1 fully saturated rings. The molecular formula is C17H14N2O4S2. The Morgan fingerprint density at radius 1 is 1.28 bits per heavy atom. The number of hydrogen-bond acceptors (Lipinski definition) is 6. The van der Waals surface area contributed by atoms with E-state index in [1.807, 2.05) is 0 Å². The zero-order chi connectivity index (χ0) is 18.0. The summed E-state index contributed by atoms with van der Waals surface area (Å²) in [6.07, 6.45) is 1.64. The lowest BCUT2D eigenvalue weighted by Crippen LogP contribution is -2.32. The first-order valence-corrected chi connectivity index (χ1v) is 8.61. The number of aromatic carboxylic acids is 1. The molecule has 0 unspecified atom stereocenters. The number of nitrogens with two attached hydrogens (primary N) is 1. The second kappa shape index (κ2) is 7.22. The third-order valence-electron chi connectivity index (χ3n) is 3.54. The largest absolute Gasteiger partial charge is 0.478 e. The second-order valence-electron chi connectivity index (χ2n) is 5.21. The number of carbonyl (C=O) groups is 2. The highest BCUT2D eigenvalue weighted by Crippen LogP contribution is 2.33. The van der Waals surface area contributed by atoms with Crippen molar-refractivity contribution < 1.29 is 19.1 Å². The number of carboxylic acids is 1. The summed E-state index contributed by atoms with van der Waals surface area (Å²) < 4.78 is 6.22. The fourth-order valence-corrected chi connectivity index (χ4v) is 3.60. The molecule has 0 bridgehead atoms. The Kier molecular flexibility index (Phi) is 5.03. The van der Waals surface area contributed by atoms with Crippen LogP contribution in [-0.2, 0) is 4.79 Å². The Hall–Kier alpha value is -2.42. The molecule has 1 saturated heterocycles. The van der Waals surface area contributed by atoms with Crippen LogP contribution in [0.3, 0.4) is 0 Å². The van der Waals surface area contributed by atoms with E-state index in [2.05, 4.69) is 0 Å². The molecule has 3 rings (SSSR count). The van der Waals surface area contributed by atoms with Gasteiger partial charge in [0.25, 0.3) is 5.91 Å². The lowest BCUT2D eigenvalue weighted by molar-refractivity contribution is -0.122. The van der Waals surface area contributed by atoms with Gasteiger partial charge in [0, 0.05) is 24.7 Å². The minimum Gasteiger partial charge on any atom is -0.478 e. The first-order valence-electron chi connectivity index (χ1n) is 7.38. The number of benzene rings is 1. The molecule has 3 N–H and O–H groups in total. The molecule has 1 aliphatic heterocycles. The Bertz CT molecular complexity index is 871. The van der Waals surface area contributed by atoms with Gasteiger partial charge in [0.15, 0.2) is 0 Å². The topological polar surface area (TPSA) is 96.8 Å². The third-order valence-corrected chi connectivity index (χ3v) is 4.92. The molecule has 1 amide bonds. The summed E-state index contributed by atoms with van der Waals surface area (Å²) in [5.41, 5.74) is 6.45. The number of nitrogens with zero attached hydrogens (tertiary/aromatic N) is 1. The van der Waals surface area contributed by atoms with Gasteiger partial charge in [-0.2, -0.15) is 0 Å². The maximum Gasteiger partial charge on any atom is 0.335 e. The predicted molar refractivity (Wildman–Crippen MR) is 100 cm³/mol. The maximum absolute atomic E-state index is 12.3. The smallest absolute Gasteiger partial charge is 0.335 e. The van der Waals surface area contributed by atoms with Crippen molar-refractivity contribution in [2.24, 2.45) is 5.73 Å². The molecule has 0 aliphatic carbocycles. The Balaban J connectivity index is 1.81. The first-order chi connectivity index (χ1) is 12.0. The third kappa shape index (κ3) is 3.65. The summed E-state index contributed by atoms with van der Waals surface area (Å²) >= 11 is 6.40. The van der Waals surface area contributed by atoms with Crippen LogP contribution in [0.2, 0.25) is 0 Å². The second-order valence-corrected chi connectivity index (χ2v) is 6.88. The van der Waals surface area contributed by atoms with E-state index in [9.17, 15) is 9.59 Å². The van der Waals surface area contributed by atoms with Crippen molar-refractivity contribution in [3.8, 4) is 11.3 Å². The highest BCUT2D eigenvalue weighted by molar-refractivity contribution is 8.26. The molecule has 2 heterocycles. The van der Waals surface area contributed by atoms with Gasteiger partial charge in [-0.25, -0.2) is 4.79 Å². The van der Waals surface area contributed by atoms with Crippen molar-refractivity contribution in [1.82, 2.24) is 4.90 Å². The van der Waals surface area contributed by atoms with Gasteiger partial charge in [-0.05, 0) is 24.3 Å². The SMILES string of the molecule is NCCN1C(=O)/C(=C\c2ccc(-c3ccc(C(=O)O)cc3)o2)SC1=S. The zero-order valence-corrected chi connectivity index (χ0v) is 14.6. The quantitative estimate of drug-likeness (QED) is 0.613. The monoisotopic (exact) mass is 374 g/mol. The summed E-state index contributed by atoms with van der Waals surface area (Å²) in [7, 11) is 0. The van der Waals surface area contributed by atoms with Crippen molar-refractivity contribution in [3.63, 3.8) is 0 Å². The van der Waals surface area contributed by atoms with E-state index in [1.165, 1.54) is 28.8 Å². The Labute approximate surface area is 153 Å². The van der Waals surface area contributed by atoms with Gasteiger partial charge in [-0.1, -0.05) is 36.1 Å². The minimum atomic E-state index is -0.980. The summed E-state index contributed by atoms with van der Waals surface area (Å²) in [5, 5.41) is 8.93. The van der Waals surface area contributed by atoms with Crippen LogP contribution in [0.5, 0.6) is 0 Å². The van der Waals surface area contributed by atoms with Gasteiger partial charge in [-0.3, -0.25) is 9.69 Å². The minimum absolute atomic E-state index is 0.177. The number of furan rings is 1. The molecule has 0 atom stereocenters. The molecule has 25 heavy (non-hydrogen) atoms. The molecule has 1 aromatic heterocycles. The molecule has 2 aromatic rings. The Morgan fingerprint density at radius 3 is 2.64 bits per heavy atom. The van der Waals surface area contributed by atoms with Gasteiger partial charge in [0.2, 0.25) is 0 Å². The van der Waals surface area contributed by atoms with Gasteiger partial charge in [-0.15, -0.1) is 0 Å². The van der Waals surface area contributed by atoms with Crippen LogP contribution in [0, 0.1) is 0 Å². The van der Waals surface area contributed by atoms with Crippen LogP contribution < -0.4 is 5.73 Å². The van der Waals surface area contributed by atoms with Crippen LogP contribution >= 0.6 is 24.0 Å². The van der Waals surface area contributed by atoms with Gasteiger partial charge in [0.05, 0.1) is 10.5 Å². The molecule has 0 spiro atoms. The van der Waals surface area contributed by atoms with Crippen molar-refractivity contribution in [1.29, 1.82) is 0 Å². The first kappa shape index (κ1) is 17.4. The van der Waals surface area contributed by atoms with Crippen molar-refractivity contribution in [2.45, 2.75) is 0 Å². The van der Waals surface area contributed by atoms with Crippen LogP contribution in [0.4, 0.5) is 0 Å². The number of hydrogen-bond donors (Lipinski definition) is 2. The van der Waals surface area contributed by atoms with Crippen molar-refractivity contribution >= 4 is 46.3 Å². The van der Waals surface area contributed by atoms with Gasteiger partial charge < -0.3 is 15.3 Å². The van der Waals surface area contributed by atoms with Crippen LogP contribution in [-0.4, -0.2) is 39.3 Å². The van der Waals surface area contributed by atoms with Crippen LogP contribution in [0.1, 0.15) is 16.1 Å². The van der Waals surface area contributed by atoms with Crippen LogP contribution in [0.15, 0.2) is 45.7 Å². The zero-order valence-electron chi connectivity index (χ0n) is 13.0. The molecule has 1 aromatic carbocycles. The number of thiocarbonyl (C=S) groups is 1. The van der Waals surface area contributed by atoms with Gasteiger partial charge in [0.1, 0.15) is 15.8 Å². The number of carboxylic acid groups (broad SMARTS) is 1. The lowest BCUT2D eigenvalue weighted by Gasteiger charge is -2.11. The highest BCUT2D eigenvalue weighted by Gasteiger charge is 2.31. The summed E-state index contributed by atoms with van der Waals surface area (Å²) in [6.45, 7) is 0.734. The lowest BCUT2D eigenvalue weighted by atomic mass is 10.1. The summed E-state index contributed by atoms with van der Waals surface area (Å²) in [6, 6.07) is 9.88. The van der Waals surface area contributed by atoms with E-state index < -0.39 is 5.97 Å². The molecular weight excluding hydrogens is 360 g/mol. The number of amides is 1. The molecule has 6 nitrogen and oxygen atoms in total. The molecule has 128 valence electrons.